The molecule has 2 N–H and O–H groups in total. The number of halogens is 1. The summed E-state index contributed by atoms with van der Waals surface area (Å²) in [6.07, 6.45) is 2.34. The smallest absolute Gasteiger partial charge is 0.191 e. The molecule has 1 fully saturated rings. The monoisotopic (exact) mass is 394 g/mol. The molecule has 0 amide bonds. The lowest BCUT2D eigenvalue weighted by atomic mass is 10.0. The zero-order valence-corrected chi connectivity index (χ0v) is 16.8. The molecular weight excluding hydrogens is 364 g/mol. The Bertz CT molecular complexity index is 505. The molecule has 1 aliphatic rings. The highest BCUT2D eigenvalue weighted by molar-refractivity contribution is 9.10. The van der Waals surface area contributed by atoms with Crippen LogP contribution in [-0.4, -0.2) is 43.1 Å². The molecule has 1 heterocycles. The van der Waals surface area contributed by atoms with Crippen molar-refractivity contribution < 1.29 is 0 Å². The topological polar surface area (TPSA) is 39.7 Å². The van der Waals surface area contributed by atoms with E-state index in [-0.39, 0.29) is 0 Å². The minimum Gasteiger partial charge on any atom is -0.357 e. The third kappa shape index (κ3) is 6.81. The molecule has 0 aliphatic carbocycles. The van der Waals surface area contributed by atoms with Gasteiger partial charge >= 0.3 is 0 Å². The Kier molecular flexibility index (Phi) is 8.06. The summed E-state index contributed by atoms with van der Waals surface area (Å²) in [5.41, 5.74) is 1.39. The minimum atomic E-state index is 0.524. The molecule has 0 saturated carbocycles. The lowest BCUT2D eigenvalue weighted by molar-refractivity contribution is 0.198. The molecule has 24 heavy (non-hydrogen) atoms. The third-order valence-corrected chi connectivity index (χ3v) is 4.74. The van der Waals surface area contributed by atoms with E-state index < -0.39 is 0 Å². The van der Waals surface area contributed by atoms with Gasteiger partial charge in [0.1, 0.15) is 0 Å². The largest absolute Gasteiger partial charge is 0.357 e. The van der Waals surface area contributed by atoms with Crippen LogP contribution >= 0.6 is 15.9 Å². The van der Waals surface area contributed by atoms with Crippen LogP contribution in [0.5, 0.6) is 0 Å². The lowest BCUT2D eigenvalue weighted by Crippen LogP contribution is -2.48. The Labute approximate surface area is 155 Å². The van der Waals surface area contributed by atoms with Crippen molar-refractivity contribution in [1.82, 2.24) is 15.5 Å². The van der Waals surface area contributed by atoms with Crippen molar-refractivity contribution in [2.24, 2.45) is 10.9 Å². The highest BCUT2D eigenvalue weighted by Gasteiger charge is 2.20. The average Bonchev–Trinajstić information content (AvgIpc) is 2.56. The second-order valence-corrected chi connectivity index (χ2v) is 7.85. The molecule has 1 aliphatic heterocycles. The Hall–Kier alpha value is -1.07. The lowest BCUT2D eigenvalue weighted by Gasteiger charge is -2.33. The van der Waals surface area contributed by atoms with Crippen molar-refractivity contribution in [3.05, 3.63) is 34.3 Å². The molecule has 1 aromatic rings. The average molecular weight is 395 g/mol. The van der Waals surface area contributed by atoms with Crippen molar-refractivity contribution in [3.8, 4) is 0 Å². The number of aliphatic imine (C=N–C) groups is 1. The summed E-state index contributed by atoms with van der Waals surface area (Å²) in [6.45, 7) is 11.6. The third-order valence-electron chi connectivity index (χ3n) is 4.21. The van der Waals surface area contributed by atoms with Gasteiger partial charge in [-0.25, -0.2) is 0 Å². The second-order valence-electron chi connectivity index (χ2n) is 6.93. The predicted molar refractivity (Wildman–Crippen MR) is 106 cm³/mol. The normalized spacial score (nSPS) is 17.3. The van der Waals surface area contributed by atoms with Crippen LogP contribution in [0.15, 0.2) is 33.7 Å². The van der Waals surface area contributed by atoms with Gasteiger partial charge in [0.15, 0.2) is 5.96 Å². The van der Waals surface area contributed by atoms with Gasteiger partial charge in [0.2, 0.25) is 0 Å². The van der Waals surface area contributed by atoms with E-state index >= 15 is 0 Å². The van der Waals surface area contributed by atoms with Crippen LogP contribution < -0.4 is 10.6 Å². The predicted octanol–water partition coefficient (Wildman–Crippen LogP) is 3.62. The number of hydrogen-bond acceptors (Lipinski definition) is 2. The van der Waals surface area contributed by atoms with Crippen LogP contribution in [-0.2, 0) is 6.54 Å². The van der Waals surface area contributed by atoms with E-state index in [1.54, 1.807) is 0 Å². The van der Waals surface area contributed by atoms with E-state index in [1.165, 1.54) is 18.4 Å². The first-order chi connectivity index (χ1) is 11.6. The van der Waals surface area contributed by atoms with Crippen molar-refractivity contribution >= 4 is 21.9 Å². The number of hydrogen-bond donors (Lipinski definition) is 2. The summed E-state index contributed by atoms with van der Waals surface area (Å²) in [5, 5.41) is 6.97. The van der Waals surface area contributed by atoms with E-state index in [1.807, 2.05) is 0 Å². The van der Waals surface area contributed by atoms with Crippen LogP contribution in [0.4, 0.5) is 0 Å². The first kappa shape index (κ1) is 19.3. The maximum Gasteiger partial charge on any atom is 0.191 e. The first-order valence-corrected chi connectivity index (χ1v) is 9.87. The fourth-order valence-corrected chi connectivity index (χ4v) is 3.13. The maximum atomic E-state index is 4.68. The Morgan fingerprint density at radius 1 is 1.25 bits per heavy atom. The molecule has 134 valence electrons. The molecule has 4 nitrogen and oxygen atoms in total. The number of guanidine groups is 1. The number of nitrogens with one attached hydrogen (secondary N) is 2. The van der Waals surface area contributed by atoms with Gasteiger partial charge in [0.05, 0.1) is 0 Å². The summed E-state index contributed by atoms with van der Waals surface area (Å²) in [5.74, 6) is 1.56. The van der Waals surface area contributed by atoms with Gasteiger partial charge in [-0.2, -0.15) is 0 Å². The molecular formula is C19H31BrN4. The summed E-state index contributed by atoms with van der Waals surface area (Å²) < 4.78 is 1.14. The molecule has 0 aromatic heterocycles. The van der Waals surface area contributed by atoms with E-state index in [9.17, 15) is 0 Å². The molecule has 2 rings (SSSR count). The SMILES string of the molecule is CCNC(=NCC(C)C)NC1CCN(Cc2ccc(Br)cc2)CC1. The molecule has 5 heteroatoms. The molecule has 0 unspecified atom stereocenters. The Balaban J connectivity index is 1.78. The van der Waals surface area contributed by atoms with Crippen LogP contribution in [0.3, 0.4) is 0 Å². The van der Waals surface area contributed by atoms with Crippen LogP contribution in [0, 0.1) is 5.92 Å². The molecule has 1 saturated heterocycles. The number of nitrogens with zero attached hydrogens (tertiary/aromatic N) is 2. The van der Waals surface area contributed by atoms with E-state index in [2.05, 4.69) is 81.5 Å². The maximum absolute atomic E-state index is 4.68. The van der Waals surface area contributed by atoms with Gasteiger partial charge in [0, 0.05) is 43.2 Å². The first-order valence-electron chi connectivity index (χ1n) is 9.08. The van der Waals surface area contributed by atoms with Gasteiger partial charge in [-0.3, -0.25) is 9.89 Å². The number of likely N-dealkylation sites (tertiary alicyclic amines) is 1. The van der Waals surface area contributed by atoms with E-state index in [4.69, 9.17) is 0 Å². The number of rotatable bonds is 6. The number of benzene rings is 1. The molecule has 0 atom stereocenters. The summed E-state index contributed by atoms with van der Waals surface area (Å²) in [7, 11) is 0. The van der Waals surface area contributed by atoms with E-state index in [0.717, 1.165) is 43.2 Å². The zero-order valence-electron chi connectivity index (χ0n) is 15.2. The fraction of sp³-hybridized carbons (Fsp3) is 0.632. The molecule has 0 bridgehead atoms. The van der Waals surface area contributed by atoms with E-state index in [0.29, 0.717) is 12.0 Å². The quantitative estimate of drug-likeness (QED) is 0.571. The highest BCUT2D eigenvalue weighted by atomic mass is 79.9. The minimum absolute atomic E-state index is 0.524. The summed E-state index contributed by atoms with van der Waals surface area (Å²) >= 11 is 3.50. The van der Waals surface area contributed by atoms with Gasteiger partial charge in [-0.1, -0.05) is 41.9 Å². The van der Waals surface area contributed by atoms with Gasteiger partial charge in [-0.05, 0) is 43.4 Å². The van der Waals surface area contributed by atoms with Gasteiger partial charge < -0.3 is 10.6 Å². The van der Waals surface area contributed by atoms with Crippen LogP contribution in [0.2, 0.25) is 0 Å². The zero-order chi connectivity index (χ0) is 17.4. The standard InChI is InChI=1S/C19H31BrN4/c1-4-21-19(22-13-15(2)3)23-18-9-11-24(12-10-18)14-16-5-7-17(20)8-6-16/h5-8,15,18H,4,9-14H2,1-3H3,(H2,21,22,23). The Morgan fingerprint density at radius 3 is 2.50 bits per heavy atom. The highest BCUT2D eigenvalue weighted by Crippen LogP contribution is 2.16. The molecule has 0 spiro atoms. The summed E-state index contributed by atoms with van der Waals surface area (Å²) in [6, 6.07) is 9.18. The van der Waals surface area contributed by atoms with Crippen LogP contribution in [0.25, 0.3) is 0 Å². The van der Waals surface area contributed by atoms with Crippen molar-refractivity contribution in [2.45, 2.75) is 46.2 Å². The molecule has 1 aromatic carbocycles. The Morgan fingerprint density at radius 2 is 1.92 bits per heavy atom. The second kappa shape index (κ2) is 10.0. The van der Waals surface area contributed by atoms with Crippen molar-refractivity contribution in [3.63, 3.8) is 0 Å². The number of piperidine rings is 1. The molecule has 0 radical (unpaired) electrons. The fourth-order valence-electron chi connectivity index (χ4n) is 2.87. The van der Waals surface area contributed by atoms with Crippen LogP contribution in [0.1, 0.15) is 39.2 Å². The van der Waals surface area contributed by atoms with Gasteiger partial charge in [0.25, 0.3) is 0 Å². The van der Waals surface area contributed by atoms with Crippen molar-refractivity contribution in [2.75, 3.05) is 26.2 Å². The van der Waals surface area contributed by atoms with Crippen molar-refractivity contribution in [1.29, 1.82) is 0 Å². The summed E-state index contributed by atoms with van der Waals surface area (Å²) in [4.78, 5) is 7.22. The van der Waals surface area contributed by atoms with Gasteiger partial charge in [-0.15, -0.1) is 0 Å².